The highest BCUT2D eigenvalue weighted by molar-refractivity contribution is 5.79. The summed E-state index contributed by atoms with van der Waals surface area (Å²) in [7, 11) is 6.23. The van der Waals surface area contributed by atoms with Crippen molar-refractivity contribution >= 4 is 11.6 Å². The monoisotopic (exact) mass is 371 g/mol. The molecule has 27 heavy (non-hydrogen) atoms. The Morgan fingerprint density at radius 2 is 1.85 bits per heavy atom. The Kier molecular flexibility index (Phi) is 7.39. The molecule has 0 aromatic heterocycles. The first kappa shape index (κ1) is 20.0. The Hall–Kier alpha value is -1.75. The van der Waals surface area contributed by atoms with Crippen LogP contribution in [0, 0.1) is 5.92 Å². The third-order valence-electron chi connectivity index (χ3n) is 5.92. The molecule has 0 spiro atoms. The third kappa shape index (κ3) is 5.86. The van der Waals surface area contributed by atoms with Gasteiger partial charge in [0.1, 0.15) is 0 Å². The number of rotatable bonds is 5. The number of aliphatic imine (C=N–C) groups is 1. The molecular weight excluding hydrogens is 334 g/mol. The molecule has 5 heteroatoms. The zero-order valence-corrected chi connectivity index (χ0v) is 17.5. The van der Waals surface area contributed by atoms with Gasteiger partial charge in [-0.1, -0.05) is 12.1 Å². The lowest BCUT2D eigenvalue weighted by Gasteiger charge is -2.31. The molecule has 5 nitrogen and oxygen atoms in total. The van der Waals surface area contributed by atoms with Crippen molar-refractivity contribution in [2.45, 2.75) is 38.6 Å². The molecule has 2 heterocycles. The summed E-state index contributed by atoms with van der Waals surface area (Å²) >= 11 is 0. The standard InChI is InChI=1S/C22H37N5/c1-23-22(24-16-20-8-7-13-25(2)17-20)26(3)18-19-9-11-21(12-10-19)27-14-5-4-6-15-27/h9-12,20H,4-8,13-18H2,1-3H3,(H,23,24). The molecule has 0 bridgehead atoms. The molecule has 1 unspecified atom stereocenters. The van der Waals surface area contributed by atoms with Gasteiger partial charge in [0.2, 0.25) is 0 Å². The second kappa shape index (κ2) is 9.98. The largest absolute Gasteiger partial charge is 0.372 e. The van der Waals surface area contributed by atoms with Crippen LogP contribution >= 0.6 is 0 Å². The second-order valence-corrected chi connectivity index (χ2v) is 8.27. The lowest BCUT2D eigenvalue weighted by molar-refractivity contribution is 0.209. The summed E-state index contributed by atoms with van der Waals surface area (Å²) in [6, 6.07) is 9.10. The van der Waals surface area contributed by atoms with E-state index in [9.17, 15) is 0 Å². The van der Waals surface area contributed by atoms with Gasteiger partial charge in [-0.2, -0.15) is 0 Å². The quantitative estimate of drug-likeness (QED) is 0.637. The molecule has 1 atom stereocenters. The van der Waals surface area contributed by atoms with Crippen molar-refractivity contribution < 1.29 is 0 Å². The van der Waals surface area contributed by atoms with E-state index in [1.165, 1.54) is 69.5 Å². The average Bonchev–Trinajstić information content (AvgIpc) is 2.70. The van der Waals surface area contributed by atoms with E-state index in [0.29, 0.717) is 0 Å². The number of nitrogens with zero attached hydrogens (tertiary/aromatic N) is 4. The van der Waals surface area contributed by atoms with Crippen molar-refractivity contribution in [1.29, 1.82) is 0 Å². The number of hydrogen-bond acceptors (Lipinski definition) is 3. The number of piperidine rings is 2. The van der Waals surface area contributed by atoms with Crippen molar-refractivity contribution in [2.75, 3.05) is 58.8 Å². The molecule has 1 N–H and O–H groups in total. The number of hydrogen-bond donors (Lipinski definition) is 1. The van der Waals surface area contributed by atoms with Gasteiger partial charge in [-0.3, -0.25) is 4.99 Å². The van der Waals surface area contributed by atoms with Gasteiger partial charge in [0, 0.05) is 52.5 Å². The van der Waals surface area contributed by atoms with Crippen molar-refractivity contribution in [3.8, 4) is 0 Å². The van der Waals surface area contributed by atoms with Crippen LogP contribution in [-0.4, -0.2) is 69.6 Å². The Morgan fingerprint density at radius 1 is 1.11 bits per heavy atom. The summed E-state index contributed by atoms with van der Waals surface area (Å²) in [5, 5.41) is 3.58. The number of anilines is 1. The lowest BCUT2D eigenvalue weighted by atomic mass is 9.98. The van der Waals surface area contributed by atoms with Crippen LogP contribution < -0.4 is 10.2 Å². The number of nitrogens with one attached hydrogen (secondary N) is 1. The fourth-order valence-electron chi connectivity index (χ4n) is 4.37. The van der Waals surface area contributed by atoms with Crippen LogP contribution in [0.15, 0.2) is 29.3 Å². The number of guanidine groups is 1. The van der Waals surface area contributed by atoms with Crippen molar-refractivity contribution in [3.05, 3.63) is 29.8 Å². The first-order valence-corrected chi connectivity index (χ1v) is 10.6. The first-order chi connectivity index (χ1) is 13.2. The van der Waals surface area contributed by atoms with E-state index in [2.05, 4.69) is 63.4 Å². The SMILES string of the molecule is CN=C(NCC1CCCN(C)C1)N(C)Cc1ccc(N2CCCCC2)cc1. The second-order valence-electron chi connectivity index (χ2n) is 8.27. The van der Waals surface area contributed by atoms with E-state index in [1.54, 1.807) is 0 Å². The summed E-state index contributed by atoms with van der Waals surface area (Å²) < 4.78 is 0. The molecule has 2 saturated heterocycles. The van der Waals surface area contributed by atoms with Crippen LogP contribution in [-0.2, 0) is 6.54 Å². The van der Waals surface area contributed by atoms with E-state index < -0.39 is 0 Å². The molecule has 0 saturated carbocycles. The molecule has 150 valence electrons. The van der Waals surface area contributed by atoms with Gasteiger partial charge in [0.25, 0.3) is 0 Å². The molecule has 1 aromatic rings. The molecule has 0 aliphatic carbocycles. The lowest BCUT2D eigenvalue weighted by Crippen LogP contribution is -2.44. The highest BCUT2D eigenvalue weighted by Crippen LogP contribution is 2.20. The Labute approximate surface area is 165 Å². The van der Waals surface area contributed by atoms with Crippen molar-refractivity contribution in [2.24, 2.45) is 10.9 Å². The van der Waals surface area contributed by atoms with Crippen molar-refractivity contribution in [1.82, 2.24) is 15.1 Å². The van der Waals surface area contributed by atoms with Crippen LogP contribution in [0.2, 0.25) is 0 Å². The normalized spacial score (nSPS) is 22.0. The zero-order chi connectivity index (χ0) is 19.1. The maximum Gasteiger partial charge on any atom is 0.193 e. The third-order valence-corrected chi connectivity index (χ3v) is 5.92. The number of likely N-dealkylation sites (tertiary alicyclic amines) is 1. The predicted molar refractivity (Wildman–Crippen MR) is 116 cm³/mol. The van der Waals surface area contributed by atoms with Crippen molar-refractivity contribution in [3.63, 3.8) is 0 Å². The predicted octanol–water partition coefficient (Wildman–Crippen LogP) is 3.03. The highest BCUT2D eigenvalue weighted by Gasteiger charge is 2.18. The summed E-state index contributed by atoms with van der Waals surface area (Å²) in [5.74, 6) is 1.71. The summed E-state index contributed by atoms with van der Waals surface area (Å²) in [6.07, 6.45) is 6.64. The van der Waals surface area contributed by atoms with E-state index in [-0.39, 0.29) is 0 Å². The molecule has 1 aromatic carbocycles. The van der Waals surface area contributed by atoms with Gasteiger partial charge in [0.15, 0.2) is 5.96 Å². The van der Waals surface area contributed by atoms with Gasteiger partial charge in [0.05, 0.1) is 0 Å². The molecule has 2 aliphatic heterocycles. The fraction of sp³-hybridized carbons (Fsp3) is 0.682. The highest BCUT2D eigenvalue weighted by atomic mass is 15.3. The maximum absolute atomic E-state index is 4.49. The van der Waals surface area contributed by atoms with Crippen LogP contribution in [0.4, 0.5) is 5.69 Å². The smallest absolute Gasteiger partial charge is 0.193 e. The van der Waals surface area contributed by atoms with Crippen LogP contribution in [0.25, 0.3) is 0 Å². The van der Waals surface area contributed by atoms with E-state index >= 15 is 0 Å². The Morgan fingerprint density at radius 3 is 2.52 bits per heavy atom. The van der Waals surface area contributed by atoms with Gasteiger partial charge in [-0.25, -0.2) is 0 Å². The summed E-state index contributed by atoms with van der Waals surface area (Å²) in [6.45, 7) is 6.71. The molecule has 2 fully saturated rings. The van der Waals surface area contributed by atoms with E-state index in [0.717, 1.165) is 25.0 Å². The van der Waals surface area contributed by atoms with E-state index in [1.807, 2.05) is 7.05 Å². The minimum atomic E-state index is 0.720. The number of benzene rings is 1. The minimum absolute atomic E-state index is 0.720. The van der Waals surface area contributed by atoms with Gasteiger partial charge >= 0.3 is 0 Å². The molecule has 2 aliphatic rings. The summed E-state index contributed by atoms with van der Waals surface area (Å²) in [5.41, 5.74) is 2.70. The maximum atomic E-state index is 4.49. The first-order valence-electron chi connectivity index (χ1n) is 10.6. The summed E-state index contributed by atoms with van der Waals surface area (Å²) in [4.78, 5) is 11.7. The van der Waals surface area contributed by atoms with E-state index in [4.69, 9.17) is 0 Å². The molecule has 0 radical (unpaired) electrons. The fourth-order valence-corrected chi connectivity index (χ4v) is 4.37. The van der Waals surface area contributed by atoms with Crippen LogP contribution in [0.1, 0.15) is 37.7 Å². The topological polar surface area (TPSA) is 34.1 Å². The molecule has 3 rings (SSSR count). The molecular formula is C22H37N5. The van der Waals surface area contributed by atoms with Crippen LogP contribution in [0.3, 0.4) is 0 Å². The molecule has 0 amide bonds. The van der Waals surface area contributed by atoms with Crippen LogP contribution in [0.5, 0.6) is 0 Å². The zero-order valence-electron chi connectivity index (χ0n) is 17.5. The van der Waals surface area contributed by atoms with Gasteiger partial charge < -0.3 is 20.0 Å². The minimum Gasteiger partial charge on any atom is -0.372 e. The van der Waals surface area contributed by atoms with Gasteiger partial charge in [-0.05, 0) is 69.3 Å². The Balaban J connectivity index is 1.49. The Bertz CT molecular complexity index is 591. The average molecular weight is 372 g/mol. The van der Waals surface area contributed by atoms with Gasteiger partial charge in [-0.15, -0.1) is 0 Å².